The Morgan fingerprint density at radius 1 is 1.16 bits per heavy atom. The average molecular weight is 449 g/mol. The lowest BCUT2D eigenvalue weighted by Gasteiger charge is -2.30. The molecule has 11 heteroatoms. The number of para-hydroxylation sites is 2. The molecule has 2 aliphatic heterocycles. The average Bonchev–Trinajstić information content (AvgIpc) is 2.79. The summed E-state index contributed by atoms with van der Waals surface area (Å²) >= 11 is 0. The van der Waals surface area contributed by atoms with E-state index in [2.05, 4.69) is 0 Å². The van der Waals surface area contributed by atoms with Crippen LogP contribution in [-0.2, 0) is 14.8 Å². The van der Waals surface area contributed by atoms with Gasteiger partial charge in [0.2, 0.25) is 10.0 Å². The van der Waals surface area contributed by atoms with Gasteiger partial charge in [-0.1, -0.05) is 12.1 Å². The molecule has 0 unspecified atom stereocenters. The minimum atomic E-state index is -3.84. The quantitative estimate of drug-likeness (QED) is 0.486. The van der Waals surface area contributed by atoms with E-state index < -0.39 is 14.9 Å². The molecule has 1 atom stereocenters. The fraction of sp³-hybridized carbons (Fsp3) is 0.400. The van der Waals surface area contributed by atoms with Gasteiger partial charge in [0.05, 0.1) is 29.6 Å². The number of likely N-dealkylation sites (N-methyl/N-ethyl adjacent to an activating group) is 1. The number of rotatable bonds is 6. The Morgan fingerprint density at radius 2 is 1.87 bits per heavy atom. The summed E-state index contributed by atoms with van der Waals surface area (Å²) in [7, 11) is -2.14. The molecule has 10 nitrogen and oxygen atoms in total. The van der Waals surface area contributed by atoms with Gasteiger partial charge in [-0.3, -0.25) is 10.1 Å². The molecule has 1 fully saturated rings. The summed E-state index contributed by atoms with van der Waals surface area (Å²) in [6.45, 7) is 1.67. The van der Waals surface area contributed by atoms with Crippen molar-refractivity contribution < 1.29 is 27.6 Å². The molecule has 4 rings (SSSR count). The van der Waals surface area contributed by atoms with Crippen LogP contribution < -0.4 is 14.4 Å². The number of hydrogen-bond acceptors (Lipinski definition) is 8. The van der Waals surface area contributed by atoms with Crippen LogP contribution in [0.5, 0.6) is 11.5 Å². The molecule has 1 saturated heterocycles. The molecule has 0 spiro atoms. The normalized spacial score (nSPS) is 19.1. The van der Waals surface area contributed by atoms with Crippen molar-refractivity contribution in [3.63, 3.8) is 0 Å². The Hall–Kier alpha value is -2.89. The van der Waals surface area contributed by atoms with Crippen molar-refractivity contribution in [2.45, 2.75) is 11.0 Å². The van der Waals surface area contributed by atoms with E-state index in [1.54, 1.807) is 18.0 Å². The van der Waals surface area contributed by atoms with Crippen LogP contribution in [0.15, 0.2) is 47.4 Å². The van der Waals surface area contributed by atoms with Crippen LogP contribution >= 0.6 is 0 Å². The molecule has 0 bridgehead atoms. The molecule has 2 heterocycles. The molecular formula is C20H23N3O7S. The van der Waals surface area contributed by atoms with E-state index in [1.165, 1.54) is 16.4 Å². The van der Waals surface area contributed by atoms with Crippen molar-refractivity contribution in [3.8, 4) is 11.5 Å². The van der Waals surface area contributed by atoms with Crippen molar-refractivity contribution in [2.24, 2.45) is 0 Å². The largest absolute Gasteiger partial charge is 0.486 e. The Bertz CT molecular complexity index is 1070. The minimum Gasteiger partial charge on any atom is -0.486 e. The van der Waals surface area contributed by atoms with Crippen LogP contribution in [0.1, 0.15) is 0 Å². The van der Waals surface area contributed by atoms with Gasteiger partial charge in [0, 0.05) is 26.2 Å². The smallest absolute Gasteiger partial charge is 0.293 e. The number of nitro benzene ring substituents is 1. The first kappa shape index (κ1) is 21.3. The highest BCUT2D eigenvalue weighted by atomic mass is 32.2. The number of nitrogens with zero attached hydrogens (tertiary/aromatic N) is 3. The molecule has 0 saturated carbocycles. The van der Waals surface area contributed by atoms with E-state index in [1.807, 2.05) is 18.2 Å². The van der Waals surface area contributed by atoms with Gasteiger partial charge in [-0.05, 0) is 24.3 Å². The molecular weight excluding hydrogens is 426 g/mol. The lowest BCUT2D eigenvalue weighted by atomic mass is 10.2. The van der Waals surface area contributed by atoms with Crippen LogP contribution in [0.2, 0.25) is 0 Å². The van der Waals surface area contributed by atoms with Gasteiger partial charge >= 0.3 is 0 Å². The summed E-state index contributed by atoms with van der Waals surface area (Å²) in [5.74, 6) is 1.28. The van der Waals surface area contributed by atoms with E-state index in [0.717, 1.165) is 6.07 Å². The fourth-order valence-corrected chi connectivity index (χ4v) is 5.05. The lowest BCUT2D eigenvalue weighted by Crippen LogP contribution is -2.40. The monoisotopic (exact) mass is 449 g/mol. The highest BCUT2D eigenvalue weighted by molar-refractivity contribution is 7.89. The van der Waals surface area contributed by atoms with Gasteiger partial charge in [-0.25, -0.2) is 8.42 Å². The van der Waals surface area contributed by atoms with Crippen molar-refractivity contribution in [1.82, 2.24) is 4.31 Å². The van der Waals surface area contributed by atoms with Gasteiger partial charge < -0.3 is 19.1 Å². The van der Waals surface area contributed by atoms with Crippen molar-refractivity contribution in [3.05, 3.63) is 52.6 Å². The number of sulfonamides is 1. The third kappa shape index (κ3) is 4.43. The van der Waals surface area contributed by atoms with E-state index >= 15 is 0 Å². The first-order valence-electron chi connectivity index (χ1n) is 9.82. The number of ether oxygens (including phenoxy) is 3. The summed E-state index contributed by atoms with van der Waals surface area (Å²) in [5.41, 5.74) is 0.0161. The molecule has 166 valence electrons. The number of benzene rings is 2. The maximum absolute atomic E-state index is 12.9. The first-order chi connectivity index (χ1) is 14.9. The second-order valence-corrected chi connectivity index (χ2v) is 9.24. The molecule has 0 radical (unpaired) electrons. The predicted octanol–water partition coefficient (Wildman–Crippen LogP) is 1.89. The van der Waals surface area contributed by atoms with Crippen LogP contribution in [-0.4, -0.2) is 70.3 Å². The second kappa shape index (κ2) is 8.69. The number of morpholine rings is 1. The Morgan fingerprint density at radius 3 is 2.58 bits per heavy atom. The molecule has 0 aromatic heterocycles. The zero-order chi connectivity index (χ0) is 22.0. The maximum atomic E-state index is 12.9. The molecule has 2 aliphatic rings. The standard InChI is InChI=1S/C20H23N3O7S/c1-21(13-15-14-29-19-4-2-3-5-20(19)30-15)17-7-6-16(12-18(17)23(24)25)31(26,27)22-8-10-28-11-9-22/h2-7,12,15H,8-11,13-14H2,1H3/t15-/m0/s1. The molecule has 31 heavy (non-hydrogen) atoms. The van der Waals surface area contributed by atoms with Gasteiger partial charge in [-0.15, -0.1) is 0 Å². The Labute approximate surface area is 180 Å². The van der Waals surface area contributed by atoms with Crippen LogP contribution in [0.25, 0.3) is 0 Å². The topological polar surface area (TPSA) is 111 Å². The number of nitro groups is 1. The lowest BCUT2D eigenvalue weighted by molar-refractivity contribution is -0.384. The number of fused-ring (bicyclic) bond motifs is 1. The first-order valence-corrected chi connectivity index (χ1v) is 11.3. The van der Waals surface area contributed by atoms with Crippen molar-refractivity contribution in [1.29, 1.82) is 0 Å². The molecule has 2 aromatic carbocycles. The van der Waals surface area contributed by atoms with Crippen molar-refractivity contribution >= 4 is 21.4 Å². The van der Waals surface area contributed by atoms with Gasteiger partial charge in [-0.2, -0.15) is 4.31 Å². The molecule has 0 amide bonds. The Balaban J connectivity index is 1.55. The predicted molar refractivity (Wildman–Crippen MR) is 112 cm³/mol. The summed E-state index contributed by atoms with van der Waals surface area (Å²) < 4.78 is 43.9. The van der Waals surface area contributed by atoms with Gasteiger partial charge in [0.1, 0.15) is 12.3 Å². The summed E-state index contributed by atoms with van der Waals surface area (Å²) in [6.07, 6.45) is -0.337. The zero-order valence-corrected chi connectivity index (χ0v) is 17.8. The van der Waals surface area contributed by atoms with E-state index in [9.17, 15) is 18.5 Å². The van der Waals surface area contributed by atoms with Crippen LogP contribution in [0.4, 0.5) is 11.4 Å². The molecule has 0 aliphatic carbocycles. The van der Waals surface area contributed by atoms with E-state index in [0.29, 0.717) is 43.6 Å². The minimum absolute atomic E-state index is 0.107. The Kier molecular flexibility index (Phi) is 5.99. The second-order valence-electron chi connectivity index (χ2n) is 7.30. The third-order valence-corrected chi connectivity index (χ3v) is 7.10. The van der Waals surface area contributed by atoms with Crippen LogP contribution in [0.3, 0.4) is 0 Å². The highest BCUT2D eigenvalue weighted by Gasteiger charge is 2.30. The molecule has 0 N–H and O–H groups in total. The summed E-state index contributed by atoms with van der Waals surface area (Å²) in [6, 6.07) is 11.3. The summed E-state index contributed by atoms with van der Waals surface area (Å²) in [4.78, 5) is 12.7. The van der Waals surface area contributed by atoms with Gasteiger partial charge in [0.15, 0.2) is 17.6 Å². The third-order valence-electron chi connectivity index (χ3n) is 5.21. The summed E-state index contributed by atoms with van der Waals surface area (Å²) in [5, 5.41) is 11.7. The fourth-order valence-electron chi connectivity index (χ4n) is 3.63. The van der Waals surface area contributed by atoms with Gasteiger partial charge in [0.25, 0.3) is 5.69 Å². The van der Waals surface area contributed by atoms with E-state index in [-0.39, 0.29) is 29.8 Å². The number of hydrogen-bond donors (Lipinski definition) is 0. The van der Waals surface area contributed by atoms with E-state index in [4.69, 9.17) is 14.2 Å². The maximum Gasteiger partial charge on any atom is 0.293 e. The number of anilines is 1. The van der Waals surface area contributed by atoms with Crippen molar-refractivity contribution in [2.75, 3.05) is 51.4 Å². The molecule has 2 aromatic rings. The highest BCUT2D eigenvalue weighted by Crippen LogP contribution is 2.34. The SMILES string of the molecule is CN(C[C@H]1COc2ccccc2O1)c1ccc(S(=O)(=O)N2CCOCC2)cc1[N+](=O)[O-]. The zero-order valence-electron chi connectivity index (χ0n) is 17.0. The van der Waals surface area contributed by atoms with Crippen LogP contribution in [0, 0.1) is 10.1 Å².